The van der Waals surface area contributed by atoms with E-state index in [1.807, 2.05) is 9.80 Å². The Balaban J connectivity index is 1.60. The van der Waals surface area contributed by atoms with Crippen LogP contribution in [-0.4, -0.2) is 42.0 Å². The van der Waals surface area contributed by atoms with Crippen molar-refractivity contribution in [1.29, 1.82) is 0 Å². The van der Waals surface area contributed by atoms with Crippen molar-refractivity contribution in [2.45, 2.75) is 32.4 Å². The van der Waals surface area contributed by atoms with Gasteiger partial charge in [-0.05, 0) is 37.3 Å². The topological polar surface area (TPSA) is 36.4 Å². The number of pyridine rings is 1. The van der Waals surface area contributed by atoms with Crippen molar-refractivity contribution in [2.75, 3.05) is 31.1 Å². The molecule has 0 bridgehead atoms. The lowest BCUT2D eigenvalue weighted by Crippen LogP contribution is -2.42. The number of aromatic nitrogens is 1. The van der Waals surface area contributed by atoms with Gasteiger partial charge in [0.25, 0.3) is 0 Å². The van der Waals surface area contributed by atoms with Gasteiger partial charge in [-0.3, -0.25) is 4.79 Å². The molecular formula is C17H22F3N3O. The van der Waals surface area contributed by atoms with Gasteiger partial charge in [0.2, 0.25) is 5.91 Å². The van der Waals surface area contributed by atoms with Gasteiger partial charge < -0.3 is 9.80 Å². The molecule has 1 aromatic heterocycles. The maximum atomic E-state index is 12.8. The van der Waals surface area contributed by atoms with Gasteiger partial charge in [0.15, 0.2) is 0 Å². The minimum Gasteiger partial charge on any atom is -0.357 e. The van der Waals surface area contributed by atoms with Crippen LogP contribution in [0.1, 0.15) is 31.9 Å². The van der Waals surface area contributed by atoms with Crippen molar-refractivity contribution in [3.05, 3.63) is 23.9 Å². The number of piperidine rings is 1. The first kappa shape index (κ1) is 17.0. The van der Waals surface area contributed by atoms with E-state index in [1.54, 1.807) is 6.07 Å². The predicted molar refractivity (Wildman–Crippen MR) is 84.5 cm³/mol. The van der Waals surface area contributed by atoms with Crippen LogP contribution in [0.5, 0.6) is 0 Å². The van der Waals surface area contributed by atoms with Crippen molar-refractivity contribution in [2.24, 2.45) is 11.8 Å². The molecule has 0 N–H and O–H groups in total. The molecule has 3 rings (SSSR count). The zero-order chi connectivity index (χ0) is 17.3. The minimum atomic E-state index is -4.43. The highest BCUT2D eigenvalue weighted by atomic mass is 19.4. The van der Waals surface area contributed by atoms with Crippen molar-refractivity contribution >= 4 is 11.7 Å². The number of alkyl halides is 3. The Morgan fingerprint density at radius 2 is 1.88 bits per heavy atom. The number of rotatable bonds is 2. The van der Waals surface area contributed by atoms with Crippen molar-refractivity contribution < 1.29 is 18.0 Å². The van der Waals surface area contributed by atoms with E-state index in [1.165, 1.54) is 6.07 Å². The lowest BCUT2D eigenvalue weighted by Gasteiger charge is -2.34. The zero-order valence-corrected chi connectivity index (χ0v) is 13.7. The first-order valence-electron chi connectivity index (χ1n) is 8.42. The lowest BCUT2D eigenvalue weighted by molar-refractivity contribution is -0.141. The third-order valence-electron chi connectivity index (χ3n) is 4.93. The fraction of sp³-hybridized carbons (Fsp3) is 0.647. The van der Waals surface area contributed by atoms with E-state index in [-0.39, 0.29) is 11.8 Å². The molecule has 7 heteroatoms. The molecule has 24 heavy (non-hydrogen) atoms. The summed E-state index contributed by atoms with van der Waals surface area (Å²) < 4.78 is 38.3. The molecule has 2 fully saturated rings. The van der Waals surface area contributed by atoms with Gasteiger partial charge in [-0.1, -0.05) is 13.0 Å². The number of amides is 1. The standard InChI is InChI=1S/C17H22F3N3O/c1-12-5-8-23(11-12)16(24)13-6-9-22(10-7-13)15-4-2-3-14(21-15)17(18,19)20/h2-4,12-13H,5-11H2,1H3/t12-/m0/s1. The number of carbonyl (C=O) groups excluding carboxylic acids is 1. The zero-order valence-electron chi connectivity index (χ0n) is 13.7. The Bertz CT molecular complexity index is 597. The number of likely N-dealkylation sites (tertiary alicyclic amines) is 1. The van der Waals surface area contributed by atoms with Gasteiger partial charge in [-0.15, -0.1) is 0 Å². The van der Waals surface area contributed by atoms with Crippen LogP contribution in [0, 0.1) is 11.8 Å². The van der Waals surface area contributed by atoms with E-state index in [2.05, 4.69) is 11.9 Å². The molecule has 0 spiro atoms. The number of hydrogen-bond acceptors (Lipinski definition) is 3. The van der Waals surface area contributed by atoms with E-state index in [9.17, 15) is 18.0 Å². The number of anilines is 1. The second-order valence-electron chi connectivity index (χ2n) is 6.82. The summed E-state index contributed by atoms with van der Waals surface area (Å²) >= 11 is 0. The fourth-order valence-corrected chi connectivity index (χ4v) is 3.51. The van der Waals surface area contributed by atoms with Crippen LogP contribution in [-0.2, 0) is 11.0 Å². The SMILES string of the molecule is C[C@H]1CCN(C(=O)C2CCN(c3cccc(C(F)(F)F)n3)CC2)C1. The number of halogens is 3. The quantitative estimate of drug-likeness (QED) is 0.829. The summed E-state index contributed by atoms with van der Waals surface area (Å²) in [5.74, 6) is 1.09. The van der Waals surface area contributed by atoms with Gasteiger partial charge >= 0.3 is 6.18 Å². The number of nitrogens with zero attached hydrogens (tertiary/aromatic N) is 3. The molecule has 4 nitrogen and oxygen atoms in total. The largest absolute Gasteiger partial charge is 0.433 e. The molecule has 2 aliphatic rings. The van der Waals surface area contributed by atoms with Gasteiger partial charge in [0, 0.05) is 32.1 Å². The van der Waals surface area contributed by atoms with E-state index in [4.69, 9.17) is 0 Å². The Kier molecular flexibility index (Phi) is 4.69. The van der Waals surface area contributed by atoms with Gasteiger partial charge in [0.1, 0.15) is 11.5 Å². The molecule has 0 aromatic carbocycles. The molecule has 0 radical (unpaired) electrons. The summed E-state index contributed by atoms with van der Waals surface area (Å²) in [6.07, 6.45) is -2.04. The second-order valence-corrected chi connectivity index (χ2v) is 6.82. The molecule has 1 aromatic rings. The summed E-state index contributed by atoms with van der Waals surface area (Å²) in [5, 5.41) is 0. The van der Waals surface area contributed by atoms with Crippen LogP contribution < -0.4 is 4.90 Å². The van der Waals surface area contributed by atoms with Crippen LogP contribution >= 0.6 is 0 Å². The van der Waals surface area contributed by atoms with Crippen LogP contribution in [0.25, 0.3) is 0 Å². The van der Waals surface area contributed by atoms with Crippen LogP contribution in [0.4, 0.5) is 19.0 Å². The summed E-state index contributed by atoms with van der Waals surface area (Å²) in [4.78, 5) is 20.0. The Labute approximate surface area is 139 Å². The maximum Gasteiger partial charge on any atom is 0.433 e. The molecule has 0 saturated carbocycles. The van der Waals surface area contributed by atoms with Crippen LogP contribution in [0.15, 0.2) is 18.2 Å². The van der Waals surface area contributed by atoms with E-state index < -0.39 is 11.9 Å². The highest BCUT2D eigenvalue weighted by molar-refractivity contribution is 5.79. The monoisotopic (exact) mass is 341 g/mol. The average Bonchev–Trinajstić information content (AvgIpc) is 3.00. The summed E-state index contributed by atoms with van der Waals surface area (Å²) in [6, 6.07) is 3.96. The molecule has 1 atom stereocenters. The number of carbonyl (C=O) groups is 1. The van der Waals surface area contributed by atoms with Gasteiger partial charge in [-0.2, -0.15) is 13.2 Å². The molecule has 2 saturated heterocycles. The fourth-order valence-electron chi connectivity index (χ4n) is 3.51. The Hall–Kier alpha value is -1.79. The summed E-state index contributed by atoms with van der Waals surface area (Å²) in [5.41, 5.74) is -0.871. The van der Waals surface area contributed by atoms with Crippen molar-refractivity contribution in [3.63, 3.8) is 0 Å². The van der Waals surface area contributed by atoms with E-state index in [0.717, 1.165) is 25.6 Å². The predicted octanol–water partition coefficient (Wildman–Crippen LogP) is 3.19. The smallest absolute Gasteiger partial charge is 0.357 e. The van der Waals surface area contributed by atoms with E-state index in [0.29, 0.717) is 37.7 Å². The molecular weight excluding hydrogens is 319 g/mol. The average molecular weight is 341 g/mol. The molecule has 132 valence electrons. The lowest BCUT2D eigenvalue weighted by atomic mass is 9.95. The first-order valence-corrected chi connectivity index (χ1v) is 8.42. The summed E-state index contributed by atoms with van der Waals surface area (Å²) in [7, 11) is 0. The Morgan fingerprint density at radius 1 is 1.17 bits per heavy atom. The molecule has 1 amide bonds. The first-order chi connectivity index (χ1) is 11.3. The second kappa shape index (κ2) is 6.61. The third kappa shape index (κ3) is 3.65. The normalized spacial score (nSPS) is 22.9. The van der Waals surface area contributed by atoms with Gasteiger partial charge in [-0.25, -0.2) is 4.98 Å². The highest BCUT2D eigenvalue weighted by Crippen LogP contribution is 2.30. The number of hydrogen-bond donors (Lipinski definition) is 0. The van der Waals surface area contributed by atoms with Crippen molar-refractivity contribution in [1.82, 2.24) is 9.88 Å². The molecule has 0 unspecified atom stereocenters. The molecule has 0 aliphatic carbocycles. The van der Waals surface area contributed by atoms with Gasteiger partial charge in [0.05, 0.1) is 0 Å². The third-order valence-corrected chi connectivity index (χ3v) is 4.93. The molecule has 3 heterocycles. The summed E-state index contributed by atoms with van der Waals surface area (Å²) in [6.45, 7) is 4.93. The minimum absolute atomic E-state index is 0.0163. The van der Waals surface area contributed by atoms with Crippen LogP contribution in [0.2, 0.25) is 0 Å². The maximum absolute atomic E-state index is 12.8. The Morgan fingerprint density at radius 3 is 2.46 bits per heavy atom. The molecule has 2 aliphatic heterocycles. The van der Waals surface area contributed by atoms with Crippen molar-refractivity contribution in [3.8, 4) is 0 Å². The van der Waals surface area contributed by atoms with Crippen LogP contribution in [0.3, 0.4) is 0 Å². The van der Waals surface area contributed by atoms with E-state index >= 15 is 0 Å². The highest BCUT2D eigenvalue weighted by Gasteiger charge is 2.34.